The van der Waals surface area contributed by atoms with Crippen LogP contribution in [0.3, 0.4) is 0 Å². The van der Waals surface area contributed by atoms with Crippen molar-refractivity contribution in [3.8, 4) is 0 Å². The molecule has 2 aromatic heterocycles. The summed E-state index contributed by atoms with van der Waals surface area (Å²) in [5.41, 5.74) is 4.42. The molecule has 1 aliphatic rings. The van der Waals surface area contributed by atoms with E-state index < -0.39 is 10.0 Å². The molecule has 10 heteroatoms. The molecule has 4 aromatic rings. The third kappa shape index (κ3) is 5.40. The van der Waals surface area contributed by atoms with Crippen molar-refractivity contribution in [3.05, 3.63) is 72.6 Å². The molecule has 0 bridgehead atoms. The zero-order valence-corrected chi connectivity index (χ0v) is 22.4. The second-order valence-corrected chi connectivity index (χ2v) is 11.8. The number of aromatic nitrogens is 3. The summed E-state index contributed by atoms with van der Waals surface area (Å²) in [6, 6.07) is 18.7. The Labute approximate surface area is 218 Å². The monoisotopic (exact) mass is 519 g/mol. The van der Waals surface area contributed by atoms with Crippen LogP contribution in [0.4, 0.5) is 23.0 Å². The Balaban J connectivity index is 1.36. The molecule has 0 amide bonds. The smallest absolute Gasteiger partial charge is 0.232 e. The first-order valence-electron chi connectivity index (χ1n) is 12.4. The molecule has 2 N–H and O–H groups in total. The van der Waals surface area contributed by atoms with Gasteiger partial charge in [-0.25, -0.2) is 13.4 Å². The Kier molecular flexibility index (Phi) is 6.78. The molecule has 1 fully saturated rings. The van der Waals surface area contributed by atoms with E-state index in [-0.39, 0.29) is 0 Å². The Morgan fingerprint density at radius 3 is 2.62 bits per heavy atom. The standard InChI is InChI=1S/C27H33N7O2S/c1-19-17-34(20(2)15-28-19)24-11-9-23(10-12-24)30-27-29-16-21-13-14-33(26(21)31-27)18-22-7-5-6-8-25(22)32(3)37(4,35)36/h5-14,16,19-20,28H,15,17-18H2,1-4H3,(H,29,30,31). The van der Waals surface area contributed by atoms with Crippen LogP contribution in [0.2, 0.25) is 0 Å². The topological polar surface area (TPSA) is 95.4 Å². The van der Waals surface area contributed by atoms with Gasteiger partial charge in [-0.3, -0.25) is 4.31 Å². The van der Waals surface area contributed by atoms with E-state index in [1.165, 1.54) is 16.2 Å². The lowest BCUT2D eigenvalue weighted by atomic mass is 10.1. The molecule has 0 saturated carbocycles. The minimum atomic E-state index is -3.38. The van der Waals surface area contributed by atoms with E-state index in [0.29, 0.717) is 30.3 Å². The lowest BCUT2D eigenvalue weighted by Gasteiger charge is -2.39. The molecule has 0 aliphatic carbocycles. The summed E-state index contributed by atoms with van der Waals surface area (Å²) in [4.78, 5) is 11.7. The van der Waals surface area contributed by atoms with E-state index in [0.717, 1.165) is 35.4 Å². The highest BCUT2D eigenvalue weighted by atomic mass is 32.2. The number of nitrogens with zero attached hydrogens (tertiary/aromatic N) is 5. The number of sulfonamides is 1. The zero-order chi connectivity index (χ0) is 26.2. The fraction of sp³-hybridized carbons (Fsp3) is 0.333. The maximum atomic E-state index is 12.1. The maximum absolute atomic E-state index is 12.1. The summed E-state index contributed by atoms with van der Waals surface area (Å²) in [5, 5.41) is 7.76. The van der Waals surface area contributed by atoms with Gasteiger partial charge in [0.15, 0.2) is 0 Å². The first kappa shape index (κ1) is 25.0. The molecule has 9 nitrogen and oxygen atoms in total. The van der Waals surface area contributed by atoms with Crippen molar-refractivity contribution < 1.29 is 8.42 Å². The van der Waals surface area contributed by atoms with Gasteiger partial charge in [0.2, 0.25) is 16.0 Å². The molecule has 37 heavy (non-hydrogen) atoms. The van der Waals surface area contributed by atoms with Crippen LogP contribution in [0.1, 0.15) is 19.4 Å². The molecule has 2 unspecified atom stereocenters. The number of para-hydroxylation sites is 1. The molecular weight excluding hydrogens is 486 g/mol. The average Bonchev–Trinajstić information content (AvgIpc) is 3.27. The minimum absolute atomic E-state index is 0.441. The predicted molar refractivity (Wildman–Crippen MR) is 150 cm³/mol. The number of benzene rings is 2. The third-order valence-corrected chi connectivity index (χ3v) is 8.08. The number of hydrogen-bond donors (Lipinski definition) is 2. The van der Waals surface area contributed by atoms with Crippen LogP contribution in [-0.2, 0) is 16.6 Å². The van der Waals surface area contributed by atoms with Gasteiger partial charge in [0.25, 0.3) is 0 Å². The van der Waals surface area contributed by atoms with E-state index in [1.807, 2.05) is 41.1 Å². The summed E-state index contributed by atoms with van der Waals surface area (Å²) in [5.74, 6) is 0.505. The number of anilines is 4. The van der Waals surface area contributed by atoms with Crippen molar-refractivity contribution in [2.45, 2.75) is 32.5 Å². The molecule has 1 saturated heterocycles. The van der Waals surface area contributed by atoms with Crippen LogP contribution in [0.5, 0.6) is 0 Å². The Morgan fingerprint density at radius 1 is 1.11 bits per heavy atom. The predicted octanol–water partition coefficient (Wildman–Crippen LogP) is 3.81. The van der Waals surface area contributed by atoms with Crippen molar-refractivity contribution in [2.24, 2.45) is 0 Å². The molecule has 3 heterocycles. The van der Waals surface area contributed by atoms with E-state index >= 15 is 0 Å². The Bertz CT molecular complexity index is 1500. The van der Waals surface area contributed by atoms with Crippen molar-refractivity contribution in [1.82, 2.24) is 19.9 Å². The summed E-state index contributed by atoms with van der Waals surface area (Å²) < 4.78 is 27.6. The molecule has 2 aromatic carbocycles. The molecule has 194 valence electrons. The third-order valence-electron chi connectivity index (χ3n) is 6.89. The number of hydrogen-bond acceptors (Lipinski definition) is 7. The SMILES string of the molecule is CC1CN(c2ccc(Nc3ncc4ccn(Cc5ccccc5N(C)S(C)(=O)=O)c4n3)cc2)C(C)CN1. The van der Waals surface area contributed by atoms with Gasteiger partial charge in [-0.05, 0) is 55.8 Å². The molecule has 0 spiro atoms. The van der Waals surface area contributed by atoms with Crippen LogP contribution < -0.4 is 19.8 Å². The van der Waals surface area contributed by atoms with E-state index in [4.69, 9.17) is 4.98 Å². The Hall–Kier alpha value is -3.63. The highest BCUT2D eigenvalue weighted by molar-refractivity contribution is 7.92. The number of fused-ring (bicyclic) bond motifs is 1. The van der Waals surface area contributed by atoms with Gasteiger partial charge in [0.05, 0.1) is 18.5 Å². The highest BCUT2D eigenvalue weighted by Crippen LogP contribution is 2.26. The van der Waals surface area contributed by atoms with Crippen molar-refractivity contribution >= 4 is 44.1 Å². The second-order valence-electron chi connectivity index (χ2n) is 9.76. The number of piperazine rings is 1. The van der Waals surface area contributed by atoms with Gasteiger partial charge < -0.3 is 20.1 Å². The molecular formula is C27H33N7O2S. The summed E-state index contributed by atoms with van der Waals surface area (Å²) in [7, 11) is -1.80. The molecule has 5 rings (SSSR count). The second kappa shape index (κ2) is 10.0. The normalized spacial score (nSPS) is 18.2. The lowest BCUT2D eigenvalue weighted by molar-refractivity contribution is 0.425. The first-order valence-corrected chi connectivity index (χ1v) is 14.2. The van der Waals surface area contributed by atoms with Gasteiger partial charge in [0, 0.05) is 61.4 Å². The molecule has 0 radical (unpaired) electrons. The van der Waals surface area contributed by atoms with Crippen LogP contribution in [0.15, 0.2) is 67.0 Å². The highest BCUT2D eigenvalue weighted by Gasteiger charge is 2.22. The largest absolute Gasteiger partial charge is 0.366 e. The summed E-state index contributed by atoms with van der Waals surface area (Å²) in [6.07, 6.45) is 4.95. The Morgan fingerprint density at radius 2 is 1.86 bits per heavy atom. The van der Waals surface area contributed by atoms with Gasteiger partial charge in [-0.1, -0.05) is 18.2 Å². The zero-order valence-electron chi connectivity index (χ0n) is 21.6. The van der Waals surface area contributed by atoms with Crippen LogP contribution >= 0.6 is 0 Å². The summed E-state index contributed by atoms with van der Waals surface area (Å²) >= 11 is 0. The van der Waals surface area contributed by atoms with Gasteiger partial charge in [-0.15, -0.1) is 0 Å². The minimum Gasteiger partial charge on any atom is -0.366 e. The van der Waals surface area contributed by atoms with Crippen molar-refractivity contribution in [3.63, 3.8) is 0 Å². The quantitative estimate of drug-likeness (QED) is 0.383. The van der Waals surface area contributed by atoms with E-state index in [9.17, 15) is 8.42 Å². The molecule has 1 aliphatic heterocycles. The van der Waals surface area contributed by atoms with Crippen molar-refractivity contribution in [1.29, 1.82) is 0 Å². The fourth-order valence-electron chi connectivity index (χ4n) is 4.72. The first-order chi connectivity index (χ1) is 17.7. The maximum Gasteiger partial charge on any atom is 0.232 e. The number of nitrogens with one attached hydrogen (secondary N) is 2. The summed E-state index contributed by atoms with van der Waals surface area (Å²) in [6.45, 7) is 6.88. The number of rotatable bonds is 7. The lowest BCUT2D eigenvalue weighted by Crippen LogP contribution is -2.54. The van der Waals surface area contributed by atoms with E-state index in [1.54, 1.807) is 13.2 Å². The molecule has 2 atom stereocenters. The van der Waals surface area contributed by atoms with Gasteiger partial charge >= 0.3 is 0 Å². The fourth-order valence-corrected chi connectivity index (χ4v) is 5.25. The van der Waals surface area contributed by atoms with Crippen LogP contribution in [0.25, 0.3) is 11.0 Å². The van der Waals surface area contributed by atoms with Gasteiger partial charge in [-0.2, -0.15) is 4.98 Å². The average molecular weight is 520 g/mol. The van der Waals surface area contributed by atoms with Crippen molar-refractivity contribution in [2.75, 3.05) is 40.9 Å². The van der Waals surface area contributed by atoms with Gasteiger partial charge in [0.1, 0.15) is 5.65 Å². The van der Waals surface area contributed by atoms with Crippen LogP contribution in [-0.4, -0.2) is 61.4 Å². The van der Waals surface area contributed by atoms with Crippen LogP contribution in [0, 0.1) is 0 Å². The van der Waals surface area contributed by atoms with E-state index in [2.05, 4.69) is 58.6 Å².